The van der Waals surface area contributed by atoms with Crippen LogP contribution in [0.4, 0.5) is 17.1 Å². The zero-order valence-electron chi connectivity index (χ0n) is 20.3. The van der Waals surface area contributed by atoms with Gasteiger partial charge in [0.25, 0.3) is 0 Å². The van der Waals surface area contributed by atoms with E-state index in [1.54, 1.807) is 0 Å². The number of anilines is 3. The monoisotopic (exact) mass is 463 g/mol. The van der Waals surface area contributed by atoms with Gasteiger partial charge in [0.05, 0.1) is 10.8 Å². The van der Waals surface area contributed by atoms with E-state index < -0.39 is 0 Å². The molecule has 0 amide bonds. The summed E-state index contributed by atoms with van der Waals surface area (Å²) in [7, 11) is 2.14. The maximum Gasteiger partial charge on any atom is 0.213 e. The number of benzene rings is 5. The van der Waals surface area contributed by atoms with Crippen molar-refractivity contribution in [3.05, 3.63) is 145 Å². The van der Waals surface area contributed by atoms with E-state index in [0.29, 0.717) is 0 Å². The Bertz CT molecular complexity index is 1570. The SMILES string of the molecule is C[n+]1c2ccccc2c(/C=C/c2ccc(N(c3ccccc3)c3ccccc3)cc2)c2ccccc21. The van der Waals surface area contributed by atoms with Crippen LogP contribution in [-0.2, 0) is 7.05 Å². The Morgan fingerprint density at radius 2 is 0.917 bits per heavy atom. The van der Waals surface area contributed by atoms with Crippen LogP contribution < -0.4 is 9.47 Å². The average molecular weight is 464 g/mol. The minimum atomic E-state index is 1.13. The second-order valence-corrected chi connectivity index (χ2v) is 8.94. The third-order valence-corrected chi connectivity index (χ3v) is 6.73. The molecule has 2 nitrogen and oxygen atoms in total. The van der Waals surface area contributed by atoms with E-state index in [9.17, 15) is 0 Å². The van der Waals surface area contributed by atoms with Crippen molar-refractivity contribution in [1.29, 1.82) is 0 Å². The molecule has 0 bridgehead atoms. The highest BCUT2D eigenvalue weighted by atomic mass is 15.1. The van der Waals surface area contributed by atoms with E-state index in [-0.39, 0.29) is 0 Å². The molecule has 0 aliphatic heterocycles. The van der Waals surface area contributed by atoms with Gasteiger partial charge in [0.15, 0.2) is 0 Å². The number of hydrogen-bond acceptors (Lipinski definition) is 1. The first-order valence-corrected chi connectivity index (χ1v) is 12.3. The van der Waals surface area contributed by atoms with E-state index >= 15 is 0 Å². The first kappa shape index (κ1) is 21.8. The molecule has 0 saturated heterocycles. The molecule has 5 aromatic carbocycles. The van der Waals surface area contributed by atoms with Crippen molar-refractivity contribution < 1.29 is 4.57 Å². The maximum atomic E-state index is 2.28. The molecule has 0 aliphatic carbocycles. The van der Waals surface area contributed by atoms with E-state index in [1.165, 1.54) is 32.9 Å². The zero-order chi connectivity index (χ0) is 24.3. The molecule has 0 fully saturated rings. The summed E-state index contributed by atoms with van der Waals surface area (Å²) < 4.78 is 2.28. The quantitative estimate of drug-likeness (QED) is 0.184. The summed E-state index contributed by atoms with van der Waals surface area (Å²) in [5, 5.41) is 2.51. The predicted molar refractivity (Wildman–Crippen MR) is 153 cm³/mol. The number of rotatable bonds is 5. The van der Waals surface area contributed by atoms with Crippen molar-refractivity contribution in [1.82, 2.24) is 0 Å². The molecular formula is C34H27N2+. The molecule has 1 aromatic heterocycles. The van der Waals surface area contributed by atoms with Gasteiger partial charge in [-0.05, 0) is 54.1 Å². The predicted octanol–water partition coefficient (Wildman–Crippen LogP) is 8.46. The fourth-order valence-corrected chi connectivity index (χ4v) is 4.96. The molecule has 2 heteroatoms. The lowest BCUT2D eigenvalue weighted by atomic mass is 10.0. The topological polar surface area (TPSA) is 7.12 Å². The summed E-state index contributed by atoms with van der Waals surface area (Å²) in [6.45, 7) is 0. The molecule has 0 unspecified atom stereocenters. The van der Waals surface area contributed by atoms with Gasteiger partial charge in [-0.25, -0.2) is 0 Å². The molecule has 0 N–H and O–H groups in total. The first-order chi connectivity index (χ1) is 17.8. The lowest BCUT2D eigenvalue weighted by molar-refractivity contribution is -0.617. The van der Waals surface area contributed by atoms with Crippen LogP contribution in [0.5, 0.6) is 0 Å². The van der Waals surface area contributed by atoms with E-state index in [4.69, 9.17) is 0 Å². The molecule has 0 radical (unpaired) electrons. The van der Waals surface area contributed by atoms with Crippen molar-refractivity contribution in [3.8, 4) is 0 Å². The highest BCUT2D eigenvalue weighted by molar-refractivity contribution is 6.01. The number of fused-ring (bicyclic) bond motifs is 2. The van der Waals surface area contributed by atoms with Crippen LogP contribution in [0, 0.1) is 0 Å². The van der Waals surface area contributed by atoms with Crippen LogP contribution in [0.25, 0.3) is 34.0 Å². The molecule has 172 valence electrons. The fraction of sp³-hybridized carbons (Fsp3) is 0.0294. The summed E-state index contributed by atoms with van der Waals surface area (Å²) in [5.74, 6) is 0. The van der Waals surface area contributed by atoms with E-state index in [1.807, 2.05) is 0 Å². The first-order valence-electron chi connectivity index (χ1n) is 12.3. The second-order valence-electron chi connectivity index (χ2n) is 8.94. The normalized spacial score (nSPS) is 11.4. The molecular weight excluding hydrogens is 436 g/mol. The fourth-order valence-electron chi connectivity index (χ4n) is 4.96. The van der Waals surface area contributed by atoms with Gasteiger partial charge in [-0.3, -0.25) is 0 Å². The second kappa shape index (κ2) is 9.52. The van der Waals surface area contributed by atoms with Crippen molar-refractivity contribution in [2.24, 2.45) is 7.05 Å². The van der Waals surface area contributed by atoms with Crippen LogP contribution >= 0.6 is 0 Å². The number of hydrogen-bond donors (Lipinski definition) is 0. The van der Waals surface area contributed by atoms with Crippen LogP contribution in [0.2, 0.25) is 0 Å². The lowest BCUT2D eigenvalue weighted by Crippen LogP contribution is -2.30. The van der Waals surface area contributed by atoms with Crippen molar-refractivity contribution in [2.45, 2.75) is 0 Å². The Morgan fingerprint density at radius 1 is 0.472 bits per heavy atom. The van der Waals surface area contributed by atoms with E-state index in [2.05, 4.69) is 162 Å². The van der Waals surface area contributed by atoms with E-state index in [0.717, 1.165) is 17.1 Å². The van der Waals surface area contributed by atoms with Gasteiger partial charge >= 0.3 is 0 Å². The Balaban J connectivity index is 1.40. The summed E-state index contributed by atoms with van der Waals surface area (Å²) in [6.07, 6.45) is 4.47. The molecule has 6 aromatic rings. The number of pyridine rings is 1. The molecule has 0 spiro atoms. The minimum Gasteiger partial charge on any atom is -0.311 e. The molecule has 6 rings (SSSR count). The smallest absolute Gasteiger partial charge is 0.213 e. The zero-order valence-corrected chi connectivity index (χ0v) is 20.3. The number of para-hydroxylation sites is 4. The largest absolute Gasteiger partial charge is 0.311 e. The van der Waals surface area contributed by atoms with Crippen LogP contribution in [-0.4, -0.2) is 0 Å². The summed E-state index contributed by atoms with van der Waals surface area (Å²) >= 11 is 0. The highest BCUT2D eigenvalue weighted by Gasteiger charge is 2.15. The standard InChI is InChI=1S/C34H27N2/c1-35-33-18-10-8-16-31(33)30(32-17-9-11-19-34(32)35)25-22-26-20-23-29(24-21-26)36(27-12-4-2-5-13-27)28-14-6-3-7-15-28/h2-25H,1H3/q+1. The van der Waals surface area contributed by atoms with Crippen LogP contribution in [0.15, 0.2) is 133 Å². The van der Waals surface area contributed by atoms with Crippen molar-refractivity contribution >= 4 is 51.0 Å². The number of aryl methyl sites for hydroxylation is 1. The molecule has 0 aliphatic rings. The van der Waals surface area contributed by atoms with Gasteiger partial charge in [0, 0.05) is 34.8 Å². The van der Waals surface area contributed by atoms with Gasteiger partial charge < -0.3 is 4.90 Å². The molecule has 36 heavy (non-hydrogen) atoms. The van der Waals surface area contributed by atoms with Gasteiger partial charge in [-0.2, -0.15) is 4.57 Å². The number of aromatic nitrogens is 1. The summed E-state index contributed by atoms with van der Waals surface area (Å²) in [6, 6.07) is 47.0. The van der Waals surface area contributed by atoms with Crippen molar-refractivity contribution in [3.63, 3.8) is 0 Å². The third kappa shape index (κ3) is 4.03. The van der Waals surface area contributed by atoms with Crippen LogP contribution in [0.3, 0.4) is 0 Å². The molecule has 1 heterocycles. The van der Waals surface area contributed by atoms with Crippen molar-refractivity contribution in [2.75, 3.05) is 4.90 Å². The highest BCUT2D eigenvalue weighted by Crippen LogP contribution is 2.34. The van der Waals surface area contributed by atoms with Crippen LogP contribution in [0.1, 0.15) is 11.1 Å². The van der Waals surface area contributed by atoms with Gasteiger partial charge in [0.1, 0.15) is 7.05 Å². The van der Waals surface area contributed by atoms with Gasteiger partial charge in [-0.15, -0.1) is 0 Å². The minimum absolute atomic E-state index is 1.13. The maximum absolute atomic E-state index is 2.28. The average Bonchev–Trinajstić information content (AvgIpc) is 2.95. The Morgan fingerprint density at radius 3 is 1.44 bits per heavy atom. The Labute approximate surface area is 212 Å². The molecule has 0 atom stereocenters. The Kier molecular flexibility index (Phi) is 5.77. The lowest BCUT2D eigenvalue weighted by Gasteiger charge is -2.25. The number of nitrogens with zero attached hydrogens (tertiary/aromatic N) is 2. The summed E-state index contributed by atoms with van der Waals surface area (Å²) in [5.41, 5.74) is 8.29. The molecule has 0 saturated carbocycles. The third-order valence-electron chi connectivity index (χ3n) is 6.73. The van der Waals surface area contributed by atoms with Gasteiger partial charge in [0.2, 0.25) is 11.0 Å². The Hall–Kier alpha value is -4.69. The van der Waals surface area contributed by atoms with Gasteiger partial charge in [-0.1, -0.05) is 84.9 Å². The summed E-state index contributed by atoms with van der Waals surface area (Å²) in [4.78, 5) is 2.28.